The Labute approximate surface area is 160 Å². The van der Waals surface area contributed by atoms with Crippen molar-refractivity contribution in [3.05, 3.63) is 57.3 Å². The van der Waals surface area contributed by atoms with E-state index in [1.165, 1.54) is 21.6 Å². The van der Waals surface area contributed by atoms with Crippen LogP contribution in [0.2, 0.25) is 0 Å². The molecule has 2 aliphatic rings. The number of hydrogen-bond donors (Lipinski definition) is 0. The van der Waals surface area contributed by atoms with Gasteiger partial charge in [0.1, 0.15) is 0 Å². The minimum absolute atomic E-state index is 0.0293. The molecule has 4 nitrogen and oxygen atoms in total. The monoisotopic (exact) mass is 369 g/mol. The van der Waals surface area contributed by atoms with Gasteiger partial charge in [0.05, 0.1) is 0 Å². The van der Waals surface area contributed by atoms with Crippen LogP contribution in [0.25, 0.3) is 0 Å². The van der Waals surface area contributed by atoms with Gasteiger partial charge in [-0.2, -0.15) is 0 Å². The van der Waals surface area contributed by atoms with Gasteiger partial charge in [0.15, 0.2) is 0 Å². The highest BCUT2D eigenvalue weighted by atomic mass is 32.1. The van der Waals surface area contributed by atoms with E-state index in [-0.39, 0.29) is 5.54 Å². The van der Waals surface area contributed by atoms with Gasteiger partial charge >= 0.3 is 0 Å². The first-order valence-corrected chi connectivity index (χ1v) is 10.2. The Morgan fingerprint density at radius 1 is 1.19 bits per heavy atom. The van der Waals surface area contributed by atoms with E-state index >= 15 is 0 Å². The Morgan fingerprint density at radius 2 is 1.96 bits per heavy atom. The van der Waals surface area contributed by atoms with Crippen LogP contribution in [0.15, 0.2) is 40.7 Å². The van der Waals surface area contributed by atoms with Gasteiger partial charge in [0.25, 0.3) is 0 Å². The summed E-state index contributed by atoms with van der Waals surface area (Å²) >= 11 is 1.81. The van der Waals surface area contributed by atoms with Crippen molar-refractivity contribution >= 4 is 17.3 Å². The molecule has 1 atom stereocenters. The van der Waals surface area contributed by atoms with E-state index in [4.69, 9.17) is 9.83 Å². The molecule has 1 aliphatic carbocycles. The zero-order valence-corrected chi connectivity index (χ0v) is 17.1. The van der Waals surface area contributed by atoms with Crippen LogP contribution in [0, 0.1) is 0 Å². The first kappa shape index (κ1) is 17.6. The Morgan fingerprint density at radius 3 is 2.69 bits per heavy atom. The minimum atomic E-state index is -0.773. The normalized spacial score (nSPS) is 22.0. The van der Waals surface area contributed by atoms with Gasteiger partial charge in [-0.05, 0) is 57.5 Å². The summed E-state index contributed by atoms with van der Waals surface area (Å²) in [5, 5.41) is 4.02. The van der Waals surface area contributed by atoms with E-state index in [9.17, 15) is 0 Å². The number of hydroxylamine groups is 2. The lowest BCUT2D eigenvalue weighted by Gasteiger charge is -2.37. The molecule has 0 amide bonds. The van der Waals surface area contributed by atoms with Crippen molar-refractivity contribution in [3.63, 3.8) is 0 Å². The fraction of sp³-hybridized carbons (Fsp3) is 0.476. The highest BCUT2D eigenvalue weighted by Crippen LogP contribution is 2.47. The second-order valence-electron chi connectivity index (χ2n) is 7.97. The molecule has 26 heavy (non-hydrogen) atoms. The number of aryl methyl sites for hydroxylation is 2. The first-order chi connectivity index (χ1) is 12.4. The average molecular weight is 370 g/mol. The fourth-order valence-corrected chi connectivity index (χ4v) is 5.06. The zero-order chi connectivity index (χ0) is 18.5. The maximum absolute atomic E-state index is 6.57. The molecule has 138 valence electrons. The van der Waals surface area contributed by atoms with Crippen LogP contribution >= 0.6 is 11.3 Å². The Bertz CT molecular complexity index is 851. The number of guanidine groups is 1. The summed E-state index contributed by atoms with van der Waals surface area (Å²) in [6.07, 6.45) is 2.07. The van der Waals surface area contributed by atoms with Gasteiger partial charge in [0.2, 0.25) is 11.7 Å². The first-order valence-electron chi connectivity index (χ1n) is 9.32. The molecule has 0 saturated carbocycles. The Balaban J connectivity index is 1.94. The number of hydrogen-bond acceptors (Lipinski definition) is 5. The summed E-state index contributed by atoms with van der Waals surface area (Å²) < 4.78 is 0. The topological polar surface area (TPSA) is 28.1 Å². The summed E-state index contributed by atoms with van der Waals surface area (Å²) in [6, 6.07) is 10.8. The third kappa shape index (κ3) is 2.57. The van der Waals surface area contributed by atoms with E-state index in [2.05, 4.69) is 68.3 Å². The van der Waals surface area contributed by atoms with Crippen molar-refractivity contribution < 1.29 is 4.84 Å². The van der Waals surface area contributed by atoms with Crippen LogP contribution in [-0.2, 0) is 23.4 Å². The molecule has 2 aromatic rings. The maximum atomic E-state index is 6.57. The summed E-state index contributed by atoms with van der Waals surface area (Å²) in [6.45, 7) is 9.70. The molecule has 1 spiro atoms. The lowest BCUT2D eigenvalue weighted by atomic mass is 9.93. The molecule has 1 aliphatic heterocycles. The zero-order valence-electron chi connectivity index (χ0n) is 16.2. The number of benzene rings is 1. The van der Waals surface area contributed by atoms with Crippen molar-refractivity contribution in [1.29, 1.82) is 0 Å². The van der Waals surface area contributed by atoms with Crippen LogP contribution in [0.3, 0.4) is 0 Å². The largest absolute Gasteiger partial charge is 0.336 e. The number of rotatable bonds is 1. The molecule has 2 heterocycles. The van der Waals surface area contributed by atoms with E-state index in [0.717, 1.165) is 25.3 Å². The van der Waals surface area contributed by atoms with Crippen molar-refractivity contribution in [1.82, 2.24) is 9.96 Å². The standard InChI is InChI=1S/C21H27N3OS/c1-6-24(20(2,3)4)19-22-21(25-23(19)5)16-10-8-7-9-15(16)11-12-18-17(21)13-14-26-18/h7-10,13-14H,6,11-12H2,1-5H3. The second kappa shape index (κ2) is 6.10. The van der Waals surface area contributed by atoms with Crippen LogP contribution < -0.4 is 0 Å². The SMILES string of the molecule is CCN(C1=NC2(ON1C)c1ccccc1CCc1sccc12)C(C)(C)C. The smallest absolute Gasteiger partial charge is 0.241 e. The molecule has 5 heteroatoms. The summed E-state index contributed by atoms with van der Waals surface area (Å²) in [4.78, 5) is 15.5. The number of aliphatic imine (C=N–C) groups is 1. The molecule has 1 aromatic heterocycles. The molecular formula is C21H27N3OS. The predicted molar refractivity (Wildman–Crippen MR) is 107 cm³/mol. The predicted octanol–water partition coefficient (Wildman–Crippen LogP) is 4.40. The van der Waals surface area contributed by atoms with Crippen LogP contribution in [0.5, 0.6) is 0 Å². The van der Waals surface area contributed by atoms with Crippen molar-refractivity contribution in [3.8, 4) is 0 Å². The van der Waals surface area contributed by atoms with Gasteiger partial charge in [-0.15, -0.1) is 11.3 Å². The van der Waals surface area contributed by atoms with Gasteiger partial charge in [0, 0.05) is 35.1 Å². The average Bonchev–Trinajstić information content (AvgIpc) is 3.16. The van der Waals surface area contributed by atoms with E-state index < -0.39 is 5.72 Å². The van der Waals surface area contributed by atoms with Crippen LogP contribution in [0.1, 0.15) is 49.3 Å². The Hall–Kier alpha value is -1.85. The molecule has 0 radical (unpaired) electrons. The van der Waals surface area contributed by atoms with Crippen molar-refractivity contribution in [2.45, 2.75) is 51.8 Å². The molecule has 0 bridgehead atoms. The van der Waals surface area contributed by atoms with E-state index in [1.807, 2.05) is 23.4 Å². The molecule has 1 aromatic carbocycles. The lowest BCUT2D eigenvalue weighted by molar-refractivity contribution is -0.156. The third-order valence-corrected chi connectivity index (χ3v) is 6.27. The lowest BCUT2D eigenvalue weighted by Crippen LogP contribution is -2.49. The van der Waals surface area contributed by atoms with Gasteiger partial charge < -0.3 is 4.90 Å². The summed E-state index contributed by atoms with van der Waals surface area (Å²) in [5.74, 6) is 0.897. The second-order valence-corrected chi connectivity index (χ2v) is 8.97. The molecule has 0 fully saturated rings. The number of fused-ring (bicyclic) bond motifs is 4. The number of thiophene rings is 1. The summed E-state index contributed by atoms with van der Waals surface area (Å²) in [5.41, 5.74) is 2.89. The van der Waals surface area contributed by atoms with Crippen LogP contribution in [-0.4, -0.2) is 35.1 Å². The van der Waals surface area contributed by atoms with Crippen LogP contribution in [0.4, 0.5) is 0 Å². The molecule has 0 saturated heterocycles. The fourth-order valence-electron chi connectivity index (χ4n) is 4.13. The van der Waals surface area contributed by atoms with Gasteiger partial charge in [-0.25, -0.2) is 14.9 Å². The highest BCUT2D eigenvalue weighted by Gasteiger charge is 2.49. The minimum Gasteiger partial charge on any atom is -0.336 e. The van der Waals surface area contributed by atoms with Crippen molar-refractivity contribution in [2.75, 3.05) is 13.6 Å². The summed E-state index contributed by atoms with van der Waals surface area (Å²) in [7, 11) is 1.97. The molecule has 4 rings (SSSR count). The van der Waals surface area contributed by atoms with E-state index in [1.54, 1.807) is 0 Å². The quantitative estimate of drug-likeness (QED) is 0.746. The Kier molecular flexibility index (Phi) is 4.12. The molecule has 1 unspecified atom stereocenters. The van der Waals surface area contributed by atoms with Gasteiger partial charge in [-0.3, -0.25) is 0 Å². The molecule has 0 N–H and O–H groups in total. The van der Waals surface area contributed by atoms with Gasteiger partial charge in [-0.1, -0.05) is 24.3 Å². The third-order valence-electron chi connectivity index (χ3n) is 5.29. The maximum Gasteiger partial charge on any atom is 0.241 e. The molecular weight excluding hydrogens is 342 g/mol. The highest BCUT2D eigenvalue weighted by molar-refractivity contribution is 7.10. The van der Waals surface area contributed by atoms with Crippen molar-refractivity contribution in [2.24, 2.45) is 4.99 Å². The van der Waals surface area contributed by atoms with E-state index in [0.29, 0.717) is 0 Å². The number of nitrogens with zero attached hydrogens (tertiary/aromatic N) is 3.